The lowest BCUT2D eigenvalue weighted by Gasteiger charge is -2.23. The number of hydrogen-bond donors (Lipinski definition) is 3. The van der Waals surface area contributed by atoms with Crippen molar-refractivity contribution in [1.29, 1.82) is 0 Å². The Labute approximate surface area is 210 Å². The summed E-state index contributed by atoms with van der Waals surface area (Å²) in [7, 11) is 3.48. The van der Waals surface area contributed by atoms with Gasteiger partial charge in [0.15, 0.2) is 23.4 Å². The highest BCUT2D eigenvalue weighted by atomic mass is 16.6. The Bertz CT molecular complexity index is 1070. The molecule has 2 aliphatic heterocycles. The van der Waals surface area contributed by atoms with Gasteiger partial charge in [-0.3, -0.25) is 14.4 Å². The quantitative estimate of drug-likeness (QED) is 0.431. The minimum atomic E-state index is -1.03. The van der Waals surface area contributed by atoms with Gasteiger partial charge in [0.1, 0.15) is 0 Å². The van der Waals surface area contributed by atoms with Crippen LogP contribution >= 0.6 is 0 Å². The maximum absolute atomic E-state index is 12.7. The van der Waals surface area contributed by atoms with Gasteiger partial charge in [-0.15, -0.1) is 0 Å². The number of nitrogens with two attached hydrogens (primary N) is 1. The van der Waals surface area contributed by atoms with Crippen molar-refractivity contribution in [2.45, 2.75) is 57.7 Å². The van der Waals surface area contributed by atoms with Gasteiger partial charge in [0.2, 0.25) is 5.91 Å². The summed E-state index contributed by atoms with van der Waals surface area (Å²) in [6.07, 6.45) is 1.40. The van der Waals surface area contributed by atoms with Gasteiger partial charge in [-0.2, -0.15) is 0 Å². The fourth-order valence-corrected chi connectivity index (χ4v) is 4.12. The van der Waals surface area contributed by atoms with Crippen LogP contribution in [-0.2, 0) is 20.8 Å². The second kappa shape index (κ2) is 11.4. The van der Waals surface area contributed by atoms with E-state index in [4.69, 9.17) is 20.3 Å². The van der Waals surface area contributed by atoms with E-state index in [0.29, 0.717) is 12.2 Å². The fourth-order valence-electron chi connectivity index (χ4n) is 4.12. The van der Waals surface area contributed by atoms with E-state index >= 15 is 0 Å². The molecular formula is C25H34N4O7. The number of nitrogens with one attached hydrogen (secondary N) is 1. The number of ketones is 1. The topological polar surface area (TPSA) is 152 Å². The Morgan fingerprint density at radius 3 is 2.72 bits per heavy atom. The van der Waals surface area contributed by atoms with Crippen molar-refractivity contribution in [2.75, 3.05) is 27.2 Å². The molecule has 3 rings (SSSR count). The third-order valence-electron chi connectivity index (χ3n) is 6.47. The number of ether oxygens (including phenoxy) is 2. The van der Waals surface area contributed by atoms with E-state index in [-0.39, 0.29) is 43.5 Å². The number of aliphatic carboxylic acids is 1. The van der Waals surface area contributed by atoms with E-state index in [1.807, 2.05) is 19.3 Å². The Morgan fingerprint density at radius 1 is 1.33 bits per heavy atom. The number of carboxylic acid groups (broad SMARTS) is 1. The van der Waals surface area contributed by atoms with Crippen molar-refractivity contribution in [1.82, 2.24) is 15.1 Å². The smallest absolute Gasteiger partial charge is 0.415 e. The third kappa shape index (κ3) is 5.96. The lowest BCUT2D eigenvalue weighted by Crippen LogP contribution is -2.44. The molecule has 0 aromatic heterocycles. The summed E-state index contributed by atoms with van der Waals surface area (Å²) in [4.78, 5) is 51.4. The number of amides is 2. The van der Waals surface area contributed by atoms with Crippen molar-refractivity contribution in [3.05, 3.63) is 29.5 Å². The van der Waals surface area contributed by atoms with Crippen LogP contribution < -0.4 is 20.5 Å². The van der Waals surface area contributed by atoms with Crippen molar-refractivity contribution >= 4 is 29.3 Å². The molecule has 0 bridgehead atoms. The number of nitrogens with zero attached hydrogens (tertiary/aromatic N) is 2. The van der Waals surface area contributed by atoms with E-state index in [9.17, 15) is 19.2 Å². The molecule has 0 saturated carbocycles. The second-order valence-electron chi connectivity index (χ2n) is 9.17. The number of carbonyl (C=O) groups excluding carboxylic acids is 3. The lowest BCUT2D eigenvalue weighted by atomic mass is 9.94. The van der Waals surface area contributed by atoms with Crippen LogP contribution in [0.25, 0.3) is 5.57 Å². The van der Waals surface area contributed by atoms with Crippen molar-refractivity contribution in [2.24, 2.45) is 5.73 Å². The normalized spacial score (nSPS) is 18.8. The van der Waals surface area contributed by atoms with E-state index in [2.05, 4.69) is 17.1 Å². The summed E-state index contributed by atoms with van der Waals surface area (Å²) in [5, 5.41) is 11.3. The van der Waals surface area contributed by atoms with Crippen LogP contribution in [0.4, 0.5) is 4.79 Å². The van der Waals surface area contributed by atoms with Gasteiger partial charge in [0, 0.05) is 63.4 Å². The van der Waals surface area contributed by atoms with E-state index in [1.165, 1.54) is 11.9 Å². The minimum absolute atomic E-state index is 0.0205. The summed E-state index contributed by atoms with van der Waals surface area (Å²) in [6, 6.07) is 2.85. The van der Waals surface area contributed by atoms with Crippen LogP contribution in [-0.4, -0.2) is 84.0 Å². The molecule has 2 amide bonds. The van der Waals surface area contributed by atoms with Crippen LogP contribution in [0.15, 0.2) is 18.3 Å². The molecule has 0 aliphatic carbocycles. The zero-order valence-electron chi connectivity index (χ0n) is 21.1. The zero-order valence-corrected chi connectivity index (χ0v) is 21.1. The van der Waals surface area contributed by atoms with Gasteiger partial charge in [0.05, 0.1) is 6.04 Å². The van der Waals surface area contributed by atoms with Crippen LogP contribution in [0.2, 0.25) is 0 Å². The predicted molar refractivity (Wildman–Crippen MR) is 132 cm³/mol. The number of hydrogen-bond acceptors (Lipinski definition) is 8. The zero-order chi connectivity index (χ0) is 26.6. The van der Waals surface area contributed by atoms with Crippen molar-refractivity contribution < 1.29 is 33.8 Å². The minimum Gasteiger partial charge on any atom is -0.481 e. The highest BCUT2D eigenvalue weighted by Gasteiger charge is 2.39. The first-order valence-corrected chi connectivity index (χ1v) is 12.0. The Hall–Kier alpha value is -3.60. The second-order valence-corrected chi connectivity index (χ2v) is 9.17. The molecule has 1 aromatic rings. The molecule has 36 heavy (non-hydrogen) atoms. The molecule has 3 atom stereocenters. The van der Waals surface area contributed by atoms with Gasteiger partial charge in [-0.05, 0) is 31.4 Å². The van der Waals surface area contributed by atoms with Crippen LogP contribution in [0.5, 0.6) is 11.5 Å². The maximum atomic E-state index is 12.7. The van der Waals surface area contributed by atoms with Gasteiger partial charge in [-0.25, -0.2) is 4.79 Å². The highest BCUT2D eigenvalue weighted by Crippen LogP contribution is 2.48. The Balaban J connectivity index is 1.68. The monoisotopic (exact) mass is 502 g/mol. The molecule has 196 valence electrons. The average molecular weight is 503 g/mol. The maximum Gasteiger partial charge on any atom is 0.415 e. The molecule has 4 N–H and O–H groups in total. The van der Waals surface area contributed by atoms with Gasteiger partial charge in [0.25, 0.3) is 0 Å². The molecule has 0 spiro atoms. The van der Waals surface area contributed by atoms with Crippen LogP contribution in [0.3, 0.4) is 0 Å². The number of Topliss-reactive ketones (excluding diaryl/α,β-unsaturated/α-hetero) is 1. The van der Waals surface area contributed by atoms with Gasteiger partial charge < -0.3 is 35.4 Å². The van der Waals surface area contributed by atoms with Crippen LogP contribution in [0, 0.1) is 0 Å². The Kier molecular flexibility index (Phi) is 8.57. The summed E-state index contributed by atoms with van der Waals surface area (Å²) in [5.41, 5.74) is 8.27. The summed E-state index contributed by atoms with van der Waals surface area (Å²) in [5.74, 6) is -0.971. The molecule has 0 saturated heterocycles. The molecule has 1 aromatic carbocycles. The number of carbonyl (C=O) groups is 4. The standard InChI is InChI=1S/C25H34N4O7/c1-5-18(30)22-16-13-29(4)14(2)12-15-6-8-19(23(36-22)21(15)16)35-25(34)28(3)11-10-27-24(33)17(26)7-9-20(31)32/h6,8,13-14,17,22H,5,7,9-12,26H2,1-4H3,(H,27,33)(H,31,32)/t14-,17-,22?/m0/s1. The van der Waals surface area contributed by atoms with E-state index in [0.717, 1.165) is 23.1 Å². The summed E-state index contributed by atoms with van der Waals surface area (Å²) in [6.45, 7) is 4.14. The van der Waals surface area contributed by atoms with Gasteiger partial charge in [-0.1, -0.05) is 13.0 Å². The molecule has 11 nitrogen and oxygen atoms in total. The first kappa shape index (κ1) is 27.0. The van der Waals surface area contributed by atoms with E-state index in [1.54, 1.807) is 13.0 Å². The van der Waals surface area contributed by atoms with Gasteiger partial charge >= 0.3 is 12.1 Å². The fraction of sp³-hybridized carbons (Fsp3) is 0.520. The first-order valence-electron chi connectivity index (χ1n) is 12.0. The van der Waals surface area contributed by atoms with Crippen molar-refractivity contribution in [3.63, 3.8) is 0 Å². The number of carboxylic acids is 1. The molecule has 1 unspecified atom stereocenters. The first-order chi connectivity index (χ1) is 17.0. The molecule has 11 heteroatoms. The average Bonchev–Trinajstić information content (AvgIpc) is 3.16. The lowest BCUT2D eigenvalue weighted by molar-refractivity contribution is -0.137. The Morgan fingerprint density at radius 2 is 2.06 bits per heavy atom. The molecule has 2 aliphatic rings. The predicted octanol–water partition coefficient (Wildman–Crippen LogP) is 1.38. The molecule has 0 fully saturated rings. The third-order valence-corrected chi connectivity index (χ3v) is 6.47. The molecular weight excluding hydrogens is 468 g/mol. The largest absolute Gasteiger partial charge is 0.481 e. The SMILES string of the molecule is CCC(=O)C1Oc2c(OC(=O)N(C)CCNC(=O)[C@@H](N)CCC(=O)O)ccc3c2C1=CN(C)[C@@H](C)C3. The number of benzene rings is 1. The summed E-state index contributed by atoms with van der Waals surface area (Å²) >= 11 is 0. The number of rotatable bonds is 10. The van der Waals surface area contributed by atoms with Crippen molar-refractivity contribution in [3.8, 4) is 11.5 Å². The molecule has 0 radical (unpaired) electrons. The van der Waals surface area contributed by atoms with E-state index < -0.39 is 30.1 Å². The van der Waals surface area contributed by atoms with Crippen LogP contribution in [0.1, 0.15) is 44.2 Å². The number of likely N-dealkylation sites (N-methyl/N-ethyl adjacent to an activating group) is 2. The molecule has 2 heterocycles. The summed E-state index contributed by atoms with van der Waals surface area (Å²) < 4.78 is 11.7. The highest BCUT2D eigenvalue weighted by molar-refractivity contribution is 6.00.